The highest BCUT2D eigenvalue weighted by atomic mass is 16.7. The Morgan fingerprint density at radius 3 is 2.57 bits per heavy atom. The molecular formula is C27H32N6O4. The molecule has 0 spiro atoms. The van der Waals surface area contributed by atoms with Crippen molar-refractivity contribution in [3.05, 3.63) is 59.9 Å². The molecule has 3 N–H and O–H groups in total. The zero-order valence-corrected chi connectivity index (χ0v) is 21.1. The first-order chi connectivity index (χ1) is 18.0. The maximum absolute atomic E-state index is 12.2. The van der Waals surface area contributed by atoms with Crippen LogP contribution in [0.15, 0.2) is 48.8 Å². The van der Waals surface area contributed by atoms with Gasteiger partial charge in [-0.1, -0.05) is 19.9 Å². The standard InChI is InChI=1S/C27H32N6O4/c1-18(2)15-35-27(34)20-4-6-21(7-5-20)31-25-24(28)26(30-16-29-25)33-11-9-32(10-12-33)14-19-3-8-22-23(13-19)37-17-36-22/h3-8,13,16,18H,9-12,14-15,17,28H2,1-2H3,(H,29,30,31). The van der Waals surface area contributed by atoms with E-state index in [9.17, 15) is 4.79 Å². The molecule has 0 bridgehead atoms. The van der Waals surface area contributed by atoms with Gasteiger partial charge in [0.1, 0.15) is 12.0 Å². The van der Waals surface area contributed by atoms with Crippen molar-refractivity contribution in [1.29, 1.82) is 0 Å². The number of carbonyl (C=O) groups excluding carboxylic acids is 1. The van der Waals surface area contributed by atoms with Gasteiger partial charge in [-0.15, -0.1) is 0 Å². The molecule has 3 heterocycles. The number of fused-ring (bicyclic) bond motifs is 1. The Labute approximate surface area is 216 Å². The summed E-state index contributed by atoms with van der Waals surface area (Å²) >= 11 is 0. The predicted molar refractivity (Wildman–Crippen MR) is 141 cm³/mol. The SMILES string of the molecule is CC(C)COC(=O)c1ccc(Nc2ncnc(N3CCN(Cc4ccc5c(c4)OCO5)CC3)c2N)cc1. The summed E-state index contributed by atoms with van der Waals surface area (Å²) < 4.78 is 16.2. The van der Waals surface area contributed by atoms with E-state index >= 15 is 0 Å². The maximum atomic E-state index is 12.2. The van der Waals surface area contributed by atoms with Crippen LogP contribution in [0.25, 0.3) is 0 Å². The number of carbonyl (C=O) groups is 1. The summed E-state index contributed by atoms with van der Waals surface area (Å²) in [5.74, 6) is 2.82. The number of nitrogens with zero attached hydrogens (tertiary/aromatic N) is 4. The van der Waals surface area contributed by atoms with Crippen LogP contribution in [-0.2, 0) is 11.3 Å². The van der Waals surface area contributed by atoms with Crippen LogP contribution in [0.1, 0.15) is 29.8 Å². The van der Waals surface area contributed by atoms with Gasteiger partial charge in [0.2, 0.25) is 6.79 Å². The Hall–Kier alpha value is -4.05. The number of nitrogens with one attached hydrogen (secondary N) is 1. The summed E-state index contributed by atoms with van der Waals surface area (Å²) in [6, 6.07) is 13.2. The van der Waals surface area contributed by atoms with Gasteiger partial charge in [-0.2, -0.15) is 0 Å². The molecule has 5 rings (SSSR count). The van der Waals surface area contributed by atoms with Crippen molar-refractivity contribution in [3.63, 3.8) is 0 Å². The van der Waals surface area contributed by atoms with E-state index < -0.39 is 0 Å². The molecule has 1 aromatic heterocycles. The fraction of sp³-hybridized carbons (Fsp3) is 0.370. The highest BCUT2D eigenvalue weighted by Crippen LogP contribution is 2.33. The predicted octanol–water partition coefficient (Wildman–Crippen LogP) is 3.67. The van der Waals surface area contributed by atoms with Crippen LogP contribution < -0.4 is 25.4 Å². The van der Waals surface area contributed by atoms with E-state index in [4.69, 9.17) is 19.9 Å². The van der Waals surface area contributed by atoms with Gasteiger partial charge in [0, 0.05) is 38.4 Å². The molecule has 2 aliphatic heterocycles. The van der Waals surface area contributed by atoms with Crippen molar-refractivity contribution in [3.8, 4) is 11.5 Å². The third-order valence-corrected chi connectivity index (χ3v) is 6.31. The first-order valence-corrected chi connectivity index (χ1v) is 12.5. The van der Waals surface area contributed by atoms with Crippen LogP contribution >= 0.6 is 0 Å². The van der Waals surface area contributed by atoms with Gasteiger partial charge in [0.15, 0.2) is 23.1 Å². The number of anilines is 4. The lowest BCUT2D eigenvalue weighted by Gasteiger charge is -2.36. The zero-order valence-electron chi connectivity index (χ0n) is 21.1. The second-order valence-corrected chi connectivity index (χ2v) is 9.61. The van der Waals surface area contributed by atoms with Gasteiger partial charge in [-0.3, -0.25) is 4.90 Å². The van der Waals surface area contributed by atoms with E-state index in [-0.39, 0.29) is 18.7 Å². The molecule has 2 aliphatic rings. The Kier molecular flexibility index (Phi) is 7.27. The quantitative estimate of drug-likeness (QED) is 0.440. The number of benzene rings is 2. The number of esters is 1. The lowest BCUT2D eigenvalue weighted by Crippen LogP contribution is -2.46. The number of aromatic nitrogens is 2. The average Bonchev–Trinajstić information content (AvgIpc) is 3.37. The number of piperazine rings is 1. The van der Waals surface area contributed by atoms with Crippen molar-refractivity contribution in [2.45, 2.75) is 20.4 Å². The number of nitrogen functional groups attached to an aromatic ring is 1. The topological polar surface area (TPSA) is 115 Å². The Bertz CT molecular complexity index is 1240. The van der Waals surface area contributed by atoms with Crippen LogP contribution in [0, 0.1) is 5.92 Å². The number of ether oxygens (including phenoxy) is 3. The molecule has 194 valence electrons. The van der Waals surface area contributed by atoms with E-state index in [0.717, 1.165) is 49.9 Å². The second kappa shape index (κ2) is 10.9. The molecular weight excluding hydrogens is 472 g/mol. The average molecular weight is 505 g/mol. The monoisotopic (exact) mass is 504 g/mol. The van der Waals surface area contributed by atoms with Crippen LogP contribution in [0.2, 0.25) is 0 Å². The highest BCUT2D eigenvalue weighted by molar-refractivity contribution is 5.90. The molecule has 3 aromatic rings. The van der Waals surface area contributed by atoms with Crippen molar-refractivity contribution < 1.29 is 19.0 Å². The fourth-order valence-corrected chi connectivity index (χ4v) is 4.31. The van der Waals surface area contributed by atoms with Gasteiger partial charge in [-0.25, -0.2) is 14.8 Å². The highest BCUT2D eigenvalue weighted by Gasteiger charge is 2.22. The van der Waals surface area contributed by atoms with Gasteiger partial charge in [-0.05, 0) is 47.9 Å². The maximum Gasteiger partial charge on any atom is 0.338 e. The van der Waals surface area contributed by atoms with Crippen molar-refractivity contribution in [2.24, 2.45) is 5.92 Å². The summed E-state index contributed by atoms with van der Waals surface area (Å²) in [5.41, 5.74) is 9.44. The van der Waals surface area contributed by atoms with Crippen LogP contribution in [-0.4, -0.2) is 60.4 Å². The molecule has 0 saturated carbocycles. The Morgan fingerprint density at radius 2 is 1.81 bits per heavy atom. The van der Waals surface area contributed by atoms with Crippen LogP contribution in [0.3, 0.4) is 0 Å². The van der Waals surface area contributed by atoms with Crippen molar-refractivity contribution in [1.82, 2.24) is 14.9 Å². The van der Waals surface area contributed by atoms with Crippen LogP contribution in [0.4, 0.5) is 23.0 Å². The molecule has 0 atom stereocenters. The third-order valence-electron chi connectivity index (χ3n) is 6.31. The van der Waals surface area contributed by atoms with E-state index in [1.165, 1.54) is 11.9 Å². The van der Waals surface area contributed by atoms with Crippen molar-refractivity contribution in [2.75, 3.05) is 55.5 Å². The molecule has 0 amide bonds. The van der Waals surface area contributed by atoms with Gasteiger partial charge >= 0.3 is 5.97 Å². The molecule has 37 heavy (non-hydrogen) atoms. The van der Waals surface area contributed by atoms with E-state index in [0.29, 0.717) is 29.5 Å². The fourth-order valence-electron chi connectivity index (χ4n) is 4.31. The van der Waals surface area contributed by atoms with E-state index in [1.807, 2.05) is 32.0 Å². The number of hydrogen-bond donors (Lipinski definition) is 2. The number of rotatable bonds is 8. The Balaban J connectivity index is 1.18. The Morgan fingerprint density at radius 1 is 1.05 bits per heavy atom. The molecule has 10 heteroatoms. The van der Waals surface area contributed by atoms with Crippen molar-refractivity contribution >= 4 is 29.0 Å². The molecule has 0 aliphatic carbocycles. The number of nitrogens with two attached hydrogens (primary N) is 1. The molecule has 0 unspecified atom stereocenters. The molecule has 1 fully saturated rings. The molecule has 1 saturated heterocycles. The normalized spacial score (nSPS) is 15.2. The van der Waals surface area contributed by atoms with E-state index in [1.54, 1.807) is 12.1 Å². The number of hydrogen-bond acceptors (Lipinski definition) is 10. The lowest BCUT2D eigenvalue weighted by molar-refractivity contribution is 0.0459. The van der Waals surface area contributed by atoms with E-state index in [2.05, 4.69) is 37.2 Å². The smallest absolute Gasteiger partial charge is 0.338 e. The van der Waals surface area contributed by atoms with Gasteiger partial charge in [0.25, 0.3) is 0 Å². The summed E-state index contributed by atoms with van der Waals surface area (Å²) in [7, 11) is 0. The summed E-state index contributed by atoms with van der Waals surface area (Å²) in [5, 5.41) is 3.24. The molecule has 10 nitrogen and oxygen atoms in total. The first kappa shape index (κ1) is 24.6. The van der Waals surface area contributed by atoms with Gasteiger partial charge in [0.05, 0.1) is 12.2 Å². The summed E-state index contributed by atoms with van der Waals surface area (Å²) in [6.45, 7) is 8.90. The molecule has 2 aromatic carbocycles. The third kappa shape index (κ3) is 5.86. The largest absolute Gasteiger partial charge is 0.462 e. The minimum atomic E-state index is -0.332. The second-order valence-electron chi connectivity index (χ2n) is 9.61. The zero-order chi connectivity index (χ0) is 25.8. The van der Waals surface area contributed by atoms with Crippen LogP contribution in [0.5, 0.6) is 11.5 Å². The first-order valence-electron chi connectivity index (χ1n) is 12.5. The summed E-state index contributed by atoms with van der Waals surface area (Å²) in [4.78, 5) is 25.5. The molecule has 0 radical (unpaired) electrons. The summed E-state index contributed by atoms with van der Waals surface area (Å²) in [6.07, 6.45) is 1.52. The minimum Gasteiger partial charge on any atom is -0.462 e. The van der Waals surface area contributed by atoms with Gasteiger partial charge < -0.3 is 30.2 Å². The lowest BCUT2D eigenvalue weighted by atomic mass is 10.1. The minimum absolute atomic E-state index is 0.285.